The van der Waals surface area contributed by atoms with Crippen molar-refractivity contribution in [1.29, 1.82) is 0 Å². The lowest BCUT2D eigenvalue weighted by Gasteiger charge is -2.35. The minimum Gasteiger partial charge on any atom is -0.493 e. The molecule has 2 aliphatic rings. The van der Waals surface area contributed by atoms with Crippen LogP contribution in [0.25, 0.3) is 0 Å². The van der Waals surface area contributed by atoms with Crippen molar-refractivity contribution < 1.29 is 19.1 Å². The summed E-state index contributed by atoms with van der Waals surface area (Å²) in [5.41, 5.74) is 1.17. The van der Waals surface area contributed by atoms with Gasteiger partial charge in [-0.1, -0.05) is 16.8 Å². The Hall–Kier alpha value is -2.85. The van der Waals surface area contributed by atoms with Gasteiger partial charge in [0.05, 0.1) is 24.5 Å². The van der Waals surface area contributed by atoms with Crippen LogP contribution in [0.15, 0.2) is 24.4 Å². The van der Waals surface area contributed by atoms with Crippen molar-refractivity contribution in [2.24, 2.45) is 0 Å². The lowest BCUT2D eigenvalue weighted by molar-refractivity contribution is -0.122. The van der Waals surface area contributed by atoms with Crippen LogP contribution in [0, 0.1) is 0 Å². The highest BCUT2D eigenvalue weighted by Gasteiger charge is 2.27. The van der Waals surface area contributed by atoms with Crippen LogP contribution in [-0.4, -0.2) is 75.2 Å². The number of benzene rings is 1. The number of hydrogen-bond acceptors (Lipinski definition) is 7. The Morgan fingerprint density at radius 3 is 2.74 bits per heavy atom. The third-order valence-electron chi connectivity index (χ3n) is 5.65. The van der Waals surface area contributed by atoms with Crippen LogP contribution < -0.4 is 10.1 Å². The molecule has 2 aromatic rings. The molecule has 4 rings (SSSR count). The van der Waals surface area contributed by atoms with E-state index in [-0.39, 0.29) is 24.6 Å². The Bertz CT molecular complexity index is 1030. The summed E-state index contributed by atoms with van der Waals surface area (Å²) < 4.78 is 12.6. The molecule has 184 valence electrons. The first-order chi connectivity index (χ1) is 16.2. The second-order valence-corrected chi connectivity index (χ2v) is 10.0. The molecule has 0 saturated carbocycles. The average molecular weight is 491 g/mol. The fraction of sp³-hybridized carbons (Fsp3) is 0.565. The number of aromatic nitrogens is 3. The number of halogens is 1. The lowest BCUT2D eigenvalue weighted by atomic mass is 10.0. The molecule has 0 radical (unpaired) electrons. The van der Waals surface area contributed by atoms with Crippen molar-refractivity contribution in [2.75, 3.05) is 32.8 Å². The highest BCUT2D eigenvalue weighted by atomic mass is 35.5. The SMILES string of the molecule is CC(C)(C)OC(=O)N1CCN(Cc2cn(CC(=O)NC3CCOc4ccc(Cl)cc43)nn2)CC1. The quantitative estimate of drug-likeness (QED) is 0.687. The first-order valence-electron chi connectivity index (χ1n) is 11.5. The Morgan fingerprint density at radius 1 is 1.24 bits per heavy atom. The number of carbonyl (C=O) groups is 2. The molecule has 1 fully saturated rings. The number of amides is 2. The van der Waals surface area contributed by atoms with Gasteiger partial charge in [0.2, 0.25) is 5.91 Å². The van der Waals surface area contributed by atoms with E-state index in [0.29, 0.717) is 37.7 Å². The summed E-state index contributed by atoms with van der Waals surface area (Å²) in [5, 5.41) is 12.0. The molecule has 1 unspecified atom stereocenters. The second kappa shape index (κ2) is 10.2. The number of hydrogen-bond donors (Lipinski definition) is 1. The minimum absolute atomic E-state index is 0.0761. The van der Waals surface area contributed by atoms with Crippen LogP contribution >= 0.6 is 11.6 Å². The van der Waals surface area contributed by atoms with Crippen LogP contribution in [-0.2, 0) is 22.6 Å². The van der Waals surface area contributed by atoms with E-state index in [1.54, 1.807) is 21.8 Å². The maximum absolute atomic E-state index is 12.6. The monoisotopic (exact) mass is 490 g/mol. The smallest absolute Gasteiger partial charge is 0.410 e. The van der Waals surface area contributed by atoms with Crippen LogP contribution in [0.1, 0.15) is 44.5 Å². The van der Waals surface area contributed by atoms with Crippen molar-refractivity contribution in [2.45, 2.75) is 51.9 Å². The Balaban J connectivity index is 1.25. The van der Waals surface area contributed by atoms with Gasteiger partial charge in [-0.3, -0.25) is 9.69 Å². The number of carbonyl (C=O) groups excluding carboxylic acids is 2. The number of nitrogens with zero attached hydrogens (tertiary/aromatic N) is 5. The summed E-state index contributed by atoms with van der Waals surface area (Å²) in [4.78, 5) is 28.8. The second-order valence-electron chi connectivity index (χ2n) is 9.59. The molecule has 2 amide bonds. The summed E-state index contributed by atoms with van der Waals surface area (Å²) in [7, 11) is 0. The summed E-state index contributed by atoms with van der Waals surface area (Å²) >= 11 is 6.12. The third-order valence-corrected chi connectivity index (χ3v) is 5.88. The first kappa shape index (κ1) is 24.3. The Morgan fingerprint density at radius 2 is 2.00 bits per heavy atom. The summed E-state index contributed by atoms with van der Waals surface area (Å²) in [6.07, 6.45) is 2.18. The highest BCUT2D eigenvalue weighted by molar-refractivity contribution is 6.30. The van der Waals surface area contributed by atoms with Gasteiger partial charge in [-0.2, -0.15) is 0 Å². The molecular formula is C23H31ClN6O4. The fourth-order valence-electron chi connectivity index (χ4n) is 4.03. The van der Waals surface area contributed by atoms with E-state index < -0.39 is 5.60 Å². The molecule has 0 bridgehead atoms. The van der Waals surface area contributed by atoms with E-state index in [9.17, 15) is 9.59 Å². The van der Waals surface area contributed by atoms with Crippen LogP contribution in [0.4, 0.5) is 4.79 Å². The van der Waals surface area contributed by atoms with Gasteiger partial charge in [-0.15, -0.1) is 5.10 Å². The van der Waals surface area contributed by atoms with Gasteiger partial charge >= 0.3 is 6.09 Å². The zero-order chi connectivity index (χ0) is 24.3. The maximum Gasteiger partial charge on any atom is 0.410 e. The zero-order valence-corrected chi connectivity index (χ0v) is 20.5. The number of rotatable bonds is 5. The summed E-state index contributed by atoms with van der Waals surface area (Å²) in [6.45, 7) is 9.45. The van der Waals surface area contributed by atoms with Crippen molar-refractivity contribution in [3.05, 3.63) is 40.7 Å². The van der Waals surface area contributed by atoms with Gasteiger partial charge in [0.1, 0.15) is 17.9 Å². The van der Waals surface area contributed by atoms with E-state index in [2.05, 4.69) is 20.5 Å². The first-order valence-corrected chi connectivity index (χ1v) is 11.8. The van der Waals surface area contributed by atoms with Gasteiger partial charge in [0.25, 0.3) is 0 Å². The molecule has 1 N–H and O–H groups in total. The van der Waals surface area contributed by atoms with E-state index in [1.807, 2.05) is 32.9 Å². The molecule has 11 heteroatoms. The molecule has 2 aliphatic heterocycles. The van der Waals surface area contributed by atoms with Crippen LogP contribution in [0.5, 0.6) is 5.75 Å². The molecule has 0 aliphatic carbocycles. The van der Waals surface area contributed by atoms with E-state index in [4.69, 9.17) is 21.1 Å². The minimum atomic E-state index is -0.500. The molecule has 0 spiro atoms. The van der Waals surface area contributed by atoms with Crippen LogP contribution in [0.2, 0.25) is 5.02 Å². The molecule has 10 nitrogen and oxygen atoms in total. The maximum atomic E-state index is 12.6. The van der Waals surface area contributed by atoms with Crippen LogP contribution in [0.3, 0.4) is 0 Å². The lowest BCUT2D eigenvalue weighted by Crippen LogP contribution is -2.49. The van der Waals surface area contributed by atoms with Crippen molar-refractivity contribution in [3.8, 4) is 5.75 Å². The summed E-state index contributed by atoms with van der Waals surface area (Å²) in [6, 6.07) is 5.28. The normalized spacial score (nSPS) is 18.7. The standard InChI is InChI=1S/C23H31ClN6O4/c1-23(2,3)34-22(32)29-9-7-28(8-10-29)13-17-14-30(27-26-17)15-21(31)25-19-6-11-33-20-5-4-16(24)12-18(19)20/h4-5,12,14,19H,6-11,13,15H2,1-3H3,(H,25,31). The zero-order valence-electron chi connectivity index (χ0n) is 19.8. The third kappa shape index (κ3) is 6.38. The van der Waals surface area contributed by atoms with Crippen molar-refractivity contribution in [3.63, 3.8) is 0 Å². The topological polar surface area (TPSA) is 102 Å². The molecule has 1 saturated heterocycles. The van der Waals surface area contributed by atoms with Gasteiger partial charge < -0.3 is 19.7 Å². The van der Waals surface area contributed by atoms with Gasteiger partial charge in [-0.05, 0) is 39.0 Å². The number of ether oxygens (including phenoxy) is 2. The fourth-order valence-corrected chi connectivity index (χ4v) is 4.22. The molecule has 3 heterocycles. The van der Waals surface area contributed by atoms with E-state index in [1.165, 1.54) is 0 Å². The molecule has 1 aromatic carbocycles. The Labute approximate surface area is 204 Å². The number of fused-ring (bicyclic) bond motifs is 1. The molecular weight excluding hydrogens is 460 g/mol. The highest BCUT2D eigenvalue weighted by Crippen LogP contribution is 2.33. The number of nitrogens with one attached hydrogen (secondary N) is 1. The Kier molecular flexibility index (Phi) is 7.27. The van der Waals surface area contributed by atoms with Crippen molar-refractivity contribution in [1.82, 2.24) is 30.1 Å². The van der Waals surface area contributed by atoms with Crippen molar-refractivity contribution >= 4 is 23.6 Å². The predicted molar refractivity (Wildman–Crippen MR) is 126 cm³/mol. The molecule has 34 heavy (non-hydrogen) atoms. The predicted octanol–water partition coefficient (Wildman–Crippen LogP) is 2.62. The van der Waals surface area contributed by atoms with Gasteiger partial charge in [0.15, 0.2) is 0 Å². The van der Waals surface area contributed by atoms with E-state index in [0.717, 1.165) is 30.1 Å². The molecule has 1 aromatic heterocycles. The van der Waals surface area contributed by atoms with Gasteiger partial charge in [-0.25, -0.2) is 9.48 Å². The summed E-state index contributed by atoms with van der Waals surface area (Å²) in [5.74, 6) is 0.594. The number of piperazine rings is 1. The average Bonchev–Trinajstić information content (AvgIpc) is 3.20. The van der Waals surface area contributed by atoms with E-state index >= 15 is 0 Å². The van der Waals surface area contributed by atoms with Gasteiger partial charge in [0, 0.05) is 49.7 Å². The molecule has 1 atom stereocenters. The largest absolute Gasteiger partial charge is 0.493 e.